The Balaban J connectivity index is 2.27. The van der Waals surface area contributed by atoms with Crippen molar-refractivity contribution in [2.75, 3.05) is 6.54 Å². The molecule has 0 radical (unpaired) electrons. The van der Waals surface area contributed by atoms with E-state index in [1.807, 2.05) is 0 Å². The van der Waals surface area contributed by atoms with E-state index in [4.69, 9.17) is 5.73 Å². The Bertz CT molecular complexity index is 222. The maximum absolute atomic E-state index is 11.7. The fourth-order valence-corrected chi connectivity index (χ4v) is 1.89. The third kappa shape index (κ3) is 4.65. The van der Waals surface area contributed by atoms with E-state index in [0.717, 1.165) is 19.3 Å². The lowest BCUT2D eigenvalue weighted by Gasteiger charge is -2.18. The fraction of sp³-hybridized carbons (Fsp3) is 0.917. The van der Waals surface area contributed by atoms with Gasteiger partial charge >= 0.3 is 0 Å². The van der Waals surface area contributed by atoms with Crippen LogP contribution in [0, 0.1) is 11.8 Å². The lowest BCUT2D eigenvalue weighted by molar-refractivity contribution is -0.122. The molecule has 1 atom stereocenters. The molecule has 1 amide bonds. The van der Waals surface area contributed by atoms with E-state index in [9.17, 15) is 4.79 Å². The molecular weight excluding hydrogens is 188 g/mol. The van der Waals surface area contributed by atoms with Gasteiger partial charge in [0.1, 0.15) is 0 Å². The van der Waals surface area contributed by atoms with Crippen LogP contribution in [0.3, 0.4) is 0 Å². The molecule has 1 rings (SSSR count). The minimum atomic E-state index is 0.105. The highest BCUT2D eigenvalue weighted by Gasteiger charge is 2.38. The standard InChI is InChI=1S/C12H24N2O/c1-9(2)6-10(8-13)7-11(15)14-12(3)4-5-12/h9-10H,4-8,13H2,1-3H3,(H,14,15). The van der Waals surface area contributed by atoms with Crippen LogP contribution in [0.25, 0.3) is 0 Å². The summed E-state index contributed by atoms with van der Waals surface area (Å²) in [6.07, 6.45) is 3.87. The van der Waals surface area contributed by atoms with E-state index in [2.05, 4.69) is 26.1 Å². The molecule has 88 valence electrons. The Morgan fingerprint density at radius 1 is 1.47 bits per heavy atom. The first-order valence-corrected chi connectivity index (χ1v) is 5.96. The van der Waals surface area contributed by atoms with Crippen LogP contribution in [-0.4, -0.2) is 18.0 Å². The summed E-state index contributed by atoms with van der Waals surface area (Å²) < 4.78 is 0. The predicted octanol–water partition coefficient (Wildman–Crippen LogP) is 1.67. The molecule has 0 bridgehead atoms. The Morgan fingerprint density at radius 3 is 2.47 bits per heavy atom. The first-order valence-electron chi connectivity index (χ1n) is 5.96. The van der Waals surface area contributed by atoms with Gasteiger partial charge in [0.25, 0.3) is 0 Å². The van der Waals surface area contributed by atoms with Gasteiger partial charge in [-0.15, -0.1) is 0 Å². The Morgan fingerprint density at radius 2 is 2.07 bits per heavy atom. The van der Waals surface area contributed by atoms with E-state index in [1.54, 1.807) is 0 Å². The Kier molecular flexibility index (Phi) is 4.14. The minimum Gasteiger partial charge on any atom is -0.351 e. The number of carbonyl (C=O) groups excluding carboxylic acids is 1. The van der Waals surface area contributed by atoms with Gasteiger partial charge in [0.2, 0.25) is 5.91 Å². The average Bonchev–Trinajstić information content (AvgIpc) is 2.80. The van der Waals surface area contributed by atoms with Gasteiger partial charge in [0.15, 0.2) is 0 Å². The van der Waals surface area contributed by atoms with Crippen molar-refractivity contribution in [1.29, 1.82) is 0 Å². The van der Waals surface area contributed by atoms with Crippen LogP contribution in [0.4, 0.5) is 0 Å². The molecule has 3 N–H and O–H groups in total. The third-order valence-electron chi connectivity index (χ3n) is 3.05. The molecule has 3 heteroatoms. The molecule has 15 heavy (non-hydrogen) atoms. The summed E-state index contributed by atoms with van der Waals surface area (Å²) in [4.78, 5) is 11.7. The Labute approximate surface area is 92.8 Å². The molecule has 0 heterocycles. The molecule has 0 saturated heterocycles. The summed E-state index contributed by atoms with van der Waals surface area (Å²) >= 11 is 0. The highest BCUT2D eigenvalue weighted by atomic mass is 16.1. The smallest absolute Gasteiger partial charge is 0.220 e. The summed E-state index contributed by atoms with van der Waals surface area (Å²) in [5.74, 6) is 1.13. The maximum atomic E-state index is 11.7. The Hall–Kier alpha value is -0.570. The molecule has 1 aliphatic carbocycles. The normalized spacial score (nSPS) is 20.1. The second kappa shape index (κ2) is 4.97. The SMILES string of the molecule is CC(C)CC(CN)CC(=O)NC1(C)CC1. The zero-order valence-electron chi connectivity index (χ0n) is 10.2. The summed E-state index contributed by atoms with van der Waals surface area (Å²) in [5, 5.41) is 3.07. The third-order valence-corrected chi connectivity index (χ3v) is 3.05. The molecule has 1 unspecified atom stereocenters. The molecule has 0 aromatic carbocycles. The van der Waals surface area contributed by atoms with E-state index in [0.29, 0.717) is 24.8 Å². The topological polar surface area (TPSA) is 55.1 Å². The fourth-order valence-electron chi connectivity index (χ4n) is 1.89. The van der Waals surface area contributed by atoms with E-state index < -0.39 is 0 Å². The van der Waals surface area contributed by atoms with E-state index in [1.165, 1.54) is 0 Å². The number of rotatable bonds is 6. The predicted molar refractivity (Wildman–Crippen MR) is 62.4 cm³/mol. The van der Waals surface area contributed by atoms with Gasteiger partial charge in [-0.1, -0.05) is 13.8 Å². The van der Waals surface area contributed by atoms with Crippen molar-refractivity contribution >= 4 is 5.91 Å². The van der Waals surface area contributed by atoms with Gasteiger partial charge in [-0.3, -0.25) is 4.79 Å². The quantitative estimate of drug-likeness (QED) is 0.703. The number of nitrogens with one attached hydrogen (secondary N) is 1. The van der Waals surface area contributed by atoms with Gasteiger partial charge < -0.3 is 11.1 Å². The number of hydrogen-bond acceptors (Lipinski definition) is 2. The first-order chi connectivity index (χ1) is 6.95. The van der Waals surface area contributed by atoms with Crippen molar-refractivity contribution in [3.63, 3.8) is 0 Å². The second-order valence-corrected chi connectivity index (χ2v) is 5.54. The van der Waals surface area contributed by atoms with Gasteiger partial charge in [-0.05, 0) is 44.6 Å². The number of carbonyl (C=O) groups is 1. The highest BCUT2D eigenvalue weighted by molar-refractivity contribution is 5.77. The first kappa shape index (κ1) is 12.5. The molecule has 1 fully saturated rings. The number of nitrogens with two attached hydrogens (primary N) is 1. The monoisotopic (exact) mass is 212 g/mol. The van der Waals surface area contributed by atoms with Gasteiger partial charge in [-0.25, -0.2) is 0 Å². The number of hydrogen-bond donors (Lipinski definition) is 2. The zero-order valence-corrected chi connectivity index (χ0v) is 10.2. The second-order valence-electron chi connectivity index (χ2n) is 5.54. The van der Waals surface area contributed by atoms with Crippen LogP contribution >= 0.6 is 0 Å². The van der Waals surface area contributed by atoms with Gasteiger partial charge in [-0.2, -0.15) is 0 Å². The van der Waals surface area contributed by atoms with Crippen molar-refractivity contribution in [3.05, 3.63) is 0 Å². The van der Waals surface area contributed by atoms with Crippen molar-refractivity contribution < 1.29 is 4.79 Å². The molecular formula is C12H24N2O. The maximum Gasteiger partial charge on any atom is 0.220 e. The zero-order chi connectivity index (χ0) is 11.5. The van der Waals surface area contributed by atoms with Crippen molar-refractivity contribution in [3.8, 4) is 0 Å². The average molecular weight is 212 g/mol. The van der Waals surface area contributed by atoms with Crippen LogP contribution in [0.1, 0.15) is 46.5 Å². The van der Waals surface area contributed by atoms with E-state index in [-0.39, 0.29) is 11.4 Å². The van der Waals surface area contributed by atoms with Crippen LogP contribution in [0.15, 0.2) is 0 Å². The lowest BCUT2D eigenvalue weighted by Crippen LogP contribution is -2.36. The summed E-state index contributed by atoms with van der Waals surface area (Å²) in [6.45, 7) is 7.05. The number of amides is 1. The minimum absolute atomic E-state index is 0.105. The van der Waals surface area contributed by atoms with Crippen LogP contribution in [-0.2, 0) is 4.79 Å². The molecule has 0 aliphatic heterocycles. The largest absolute Gasteiger partial charge is 0.351 e. The molecule has 0 aromatic heterocycles. The van der Waals surface area contributed by atoms with Crippen LogP contribution in [0.5, 0.6) is 0 Å². The van der Waals surface area contributed by atoms with Crippen molar-refractivity contribution in [1.82, 2.24) is 5.32 Å². The summed E-state index contributed by atoms with van der Waals surface area (Å²) in [7, 11) is 0. The highest BCUT2D eigenvalue weighted by Crippen LogP contribution is 2.34. The van der Waals surface area contributed by atoms with Crippen molar-refractivity contribution in [2.24, 2.45) is 17.6 Å². The van der Waals surface area contributed by atoms with Crippen LogP contribution < -0.4 is 11.1 Å². The van der Waals surface area contributed by atoms with Gasteiger partial charge in [0.05, 0.1) is 0 Å². The molecule has 1 saturated carbocycles. The van der Waals surface area contributed by atoms with Crippen LogP contribution in [0.2, 0.25) is 0 Å². The summed E-state index contributed by atoms with van der Waals surface area (Å²) in [5.41, 5.74) is 5.77. The molecule has 3 nitrogen and oxygen atoms in total. The molecule has 1 aliphatic rings. The van der Waals surface area contributed by atoms with E-state index >= 15 is 0 Å². The molecule has 0 aromatic rings. The van der Waals surface area contributed by atoms with Gasteiger partial charge in [0, 0.05) is 12.0 Å². The summed E-state index contributed by atoms with van der Waals surface area (Å²) in [6, 6.07) is 0. The molecule has 0 spiro atoms. The lowest BCUT2D eigenvalue weighted by atomic mass is 9.94. The van der Waals surface area contributed by atoms with Crippen molar-refractivity contribution in [2.45, 2.75) is 52.0 Å².